The van der Waals surface area contributed by atoms with Gasteiger partial charge in [0.25, 0.3) is 0 Å². The minimum Gasteiger partial charge on any atom is -0.389 e. The van der Waals surface area contributed by atoms with Crippen LogP contribution in [0.2, 0.25) is 5.02 Å². The molecule has 114 valence electrons. The molecule has 1 aromatic heterocycles. The number of halogens is 1. The maximum atomic E-state index is 11.3. The fourth-order valence-electron chi connectivity index (χ4n) is 3.91. The molecule has 0 amide bonds. The largest absolute Gasteiger partial charge is 0.389 e. The lowest BCUT2D eigenvalue weighted by Gasteiger charge is -2.45. The van der Waals surface area contributed by atoms with E-state index in [9.17, 15) is 5.11 Å². The molecule has 0 bridgehead atoms. The first-order chi connectivity index (χ1) is 9.24. The summed E-state index contributed by atoms with van der Waals surface area (Å²) < 4.78 is 1.83. The van der Waals surface area contributed by atoms with Gasteiger partial charge in [-0.2, -0.15) is 5.10 Å². The summed E-state index contributed by atoms with van der Waals surface area (Å²) in [5.41, 5.74) is 1.15. The van der Waals surface area contributed by atoms with Crippen molar-refractivity contribution in [3.63, 3.8) is 0 Å². The van der Waals surface area contributed by atoms with Gasteiger partial charge in [0.1, 0.15) is 0 Å². The average molecular weight is 299 g/mol. The molecule has 20 heavy (non-hydrogen) atoms. The maximum Gasteiger partial charge on any atom is 0.0848 e. The molecular formula is C16H27ClN2O. The summed E-state index contributed by atoms with van der Waals surface area (Å²) in [6.07, 6.45) is 3.78. The van der Waals surface area contributed by atoms with Crippen LogP contribution in [0.4, 0.5) is 0 Å². The van der Waals surface area contributed by atoms with Gasteiger partial charge in [-0.1, -0.05) is 38.8 Å². The number of hydrogen-bond donors (Lipinski definition) is 1. The van der Waals surface area contributed by atoms with Gasteiger partial charge in [0.2, 0.25) is 0 Å². The molecule has 1 heterocycles. The van der Waals surface area contributed by atoms with Gasteiger partial charge in [-0.05, 0) is 37.5 Å². The number of nitrogens with zero attached hydrogens (tertiary/aromatic N) is 2. The summed E-state index contributed by atoms with van der Waals surface area (Å²) in [7, 11) is 1.91. The van der Waals surface area contributed by atoms with Crippen LogP contribution >= 0.6 is 11.6 Å². The van der Waals surface area contributed by atoms with Crippen molar-refractivity contribution < 1.29 is 5.11 Å². The smallest absolute Gasteiger partial charge is 0.0848 e. The van der Waals surface area contributed by atoms with Gasteiger partial charge in [0, 0.05) is 13.5 Å². The molecule has 0 spiro atoms. The molecule has 0 aromatic carbocycles. The van der Waals surface area contributed by atoms with Gasteiger partial charge in [0.15, 0.2) is 0 Å². The van der Waals surface area contributed by atoms with Crippen LogP contribution in [-0.4, -0.2) is 20.5 Å². The highest BCUT2D eigenvalue weighted by atomic mass is 35.5. The zero-order chi connectivity index (χ0) is 15.1. The second-order valence-corrected chi connectivity index (χ2v) is 7.37. The summed E-state index contributed by atoms with van der Waals surface area (Å²) in [6, 6.07) is 0. The van der Waals surface area contributed by atoms with Crippen molar-refractivity contribution in [2.24, 2.45) is 24.8 Å². The molecule has 2 rings (SSSR count). The van der Waals surface area contributed by atoms with Crippen LogP contribution < -0.4 is 0 Å². The number of rotatable bonds is 3. The first-order valence-corrected chi connectivity index (χ1v) is 8.02. The number of aromatic nitrogens is 2. The third kappa shape index (κ3) is 2.89. The second-order valence-electron chi connectivity index (χ2n) is 6.99. The van der Waals surface area contributed by atoms with Crippen LogP contribution in [0.15, 0.2) is 0 Å². The van der Waals surface area contributed by atoms with E-state index in [1.165, 1.54) is 6.42 Å². The van der Waals surface area contributed by atoms with E-state index in [0.717, 1.165) is 24.2 Å². The van der Waals surface area contributed by atoms with E-state index in [4.69, 9.17) is 11.6 Å². The molecule has 1 aromatic rings. The second kappa shape index (κ2) is 5.69. The molecule has 4 heteroatoms. The number of aliphatic hydroxyl groups is 1. The summed E-state index contributed by atoms with van der Waals surface area (Å²) in [5.74, 6) is 1.40. The van der Waals surface area contributed by atoms with Crippen molar-refractivity contribution in [3.05, 3.63) is 16.4 Å². The van der Waals surface area contributed by atoms with Crippen LogP contribution in [-0.2, 0) is 13.5 Å². The fraction of sp³-hybridized carbons (Fsp3) is 0.812. The number of aryl methyl sites for hydroxylation is 2. The predicted octanol–water partition coefficient (Wildman–Crippen LogP) is 3.75. The van der Waals surface area contributed by atoms with Crippen LogP contribution in [0.1, 0.15) is 51.4 Å². The highest BCUT2D eigenvalue weighted by molar-refractivity contribution is 6.31. The summed E-state index contributed by atoms with van der Waals surface area (Å²) >= 11 is 6.36. The van der Waals surface area contributed by atoms with E-state index in [1.807, 2.05) is 18.7 Å². The monoisotopic (exact) mass is 298 g/mol. The zero-order valence-corrected chi connectivity index (χ0v) is 14.0. The Hall–Kier alpha value is -0.540. The zero-order valence-electron chi connectivity index (χ0n) is 13.3. The standard InChI is InChI=1S/C16H27ClN2O/c1-10(2)13-7-6-11(3)8-16(13,20)9-14-15(17)12(4)18-19(14)5/h10-11,13,20H,6-9H2,1-5H3. The Bertz CT molecular complexity index is 483. The SMILES string of the molecule is Cc1nn(C)c(CC2(O)CC(C)CCC2C(C)C)c1Cl. The van der Waals surface area contributed by atoms with Gasteiger partial charge < -0.3 is 5.11 Å². The molecule has 1 aliphatic rings. The Balaban J connectivity index is 2.31. The third-order valence-electron chi connectivity index (χ3n) is 4.90. The lowest BCUT2D eigenvalue weighted by molar-refractivity contribution is -0.0805. The van der Waals surface area contributed by atoms with Crippen LogP contribution in [0.3, 0.4) is 0 Å². The highest BCUT2D eigenvalue weighted by Gasteiger charge is 2.43. The predicted molar refractivity (Wildman–Crippen MR) is 83.0 cm³/mol. The van der Waals surface area contributed by atoms with Gasteiger partial charge in [0.05, 0.1) is 22.0 Å². The molecule has 1 N–H and O–H groups in total. The van der Waals surface area contributed by atoms with Crippen molar-refractivity contribution in [3.8, 4) is 0 Å². The lowest BCUT2D eigenvalue weighted by atomic mass is 9.65. The van der Waals surface area contributed by atoms with Crippen LogP contribution in [0.5, 0.6) is 0 Å². The molecule has 1 aliphatic carbocycles. The molecule has 3 nitrogen and oxygen atoms in total. The summed E-state index contributed by atoms with van der Waals surface area (Å²) in [6.45, 7) is 8.57. The van der Waals surface area contributed by atoms with E-state index in [-0.39, 0.29) is 0 Å². The van der Waals surface area contributed by atoms with Crippen molar-refractivity contribution in [2.45, 2.75) is 59.0 Å². The van der Waals surface area contributed by atoms with E-state index < -0.39 is 5.60 Å². The summed E-state index contributed by atoms with van der Waals surface area (Å²) in [4.78, 5) is 0. The first kappa shape index (κ1) is 15.8. The van der Waals surface area contributed by atoms with Crippen molar-refractivity contribution in [1.82, 2.24) is 9.78 Å². The quantitative estimate of drug-likeness (QED) is 0.923. The maximum absolute atomic E-state index is 11.3. The minimum atomic E-state index is -0.657. The van der Waals surface area contributed by atoms with Gasteiger partial charge in [-0.3, -0.25) is 4.68 Å². The van der Waals surface area contributed by atoms with Gasteiger partial charge in [-0.25, -0.2) is 0 Å². The fourth-order valence-corrected chi connectivity index (χ4v) is 4.14. The number of hydrogen-bond acceptors (Lipinski definition) is 2. The summed E-state index contributed by atoms with van der Waals surface area (Å²) in [5, 5.41) is 16.4. The highest BCUT2D eigenvalue weighted by Crippen LogP contribution is 2.43. The van der Waals surface area contributed by atoms with Gasteiger partial charge in [-0.15, -0.1) is 0 Å². The lowest BCUT2D eigenvalue weighted by Crippen LogP contribution is -2.47. The Kier molecular flexibility index (Phi) is 4.50. The van der Waals surface area contributed by atoms with Crippen molar-refractivity contribution in [2.75, 3.05) is 0 Å². The molecule has 3 atom stereocenters. The van der Waals surface area contributed by atoms with E-state index >= 15 is 0 Å². The van der Waals surface area contributed by atoms with Gasteiger partial charge >= 0.3 is 0 Å². The van der Waals surface area contributed by atoms with E-state index in [2.05, 4.69) is 25.9 Å². The van der Waals surface area contributed by atoms with Crippen molar-refractivity contribution >= 4 is 11.6 Å². The molecular weight excluding hydrogens is 272 g/mol. The molecule has 0 aliphatic heterocycles. The van der Waals surface area contributed by atoms with Crippen LogP contribution in [0, 0.1) is 24.7 Å². The normalized spacial score (nSPS) is 31.0. The molecule has 0 saturated heterocycles. The van der Waals surface area contributed by atoms with Crippen molar-refractivity contribution in [1.29, 1.82) is 0 Å². The average Bonchev–Trinajstić information content (AvgIpc) is 2.55. The minimum absolute atomic E-state index is 0.338. The Morgan fingerprint density at radius 3 is 2.60 bits per heavy atom. The molecule has 1 saturated carbocycles. The van der Waals surface area contributed by atoms with Crippen LogP contribution in [0.25, 0.3) is 0 Å². The molecule has 0 radical (unpaired) electrons. The van der Waals surface area contributed by atoms with E-state index in [0.29, 0.717) is 29.2 Å². The third-order valence-corrected chi connectivity index (χ3v) is 5.39. The first-order valence-electron chi connectivity index (χ1n) is 7.65. The molecule has 1 fully saturated rings. The Morgan fingerprint density at radius 2 is 2.10 bits per heavy atom. The topological polar surface area (TPSA) is 38.0 Å². The Morgan fingerprint density at radius 1 is 1.45 bits per heavy atom. The Labute approximate surface area is 127 Å². The molecule has 3 unspecified atom stereocenters. The van der Waals surface area contributed by atoms with E-state index in [1.54, 1.807) is 0 Å².